The van der Waals surface area contributed by atoms with E-state index < -0.39 is 10.0 Å². The molecule has 3 heterocycles. The second-order valence-electron chi connectivity index (χ2n) is 6.45. The molecule has 0 aromatic carbocycles. The molecule has 5 rings (SSSR count). The number of fused-ring (bicyclic) bond motifs is 3. The Hall–Kier alpha value is -2.00. The first kappa shape index (κ1) is 13.4. The number of aromatic amines is 1. The number of hydrogen-bond donors (Lipinski definition) is 2. The van der Waals surface area contributed by atoms with Crippen LogP contribution in [0.4, 0.5) is 0 Å². The summed E-state index contributed by atoms with van der Waals surface area (Å²) in [5.74, 6) is 1.10. The maximum Gasteiger partial charge on any atom is 0.214 e. The SMILES string of the molecule is O=S(=O)(N[C@H]1C[C@@H](c2nnc3cnc4[nH]ccc4n32)C1)C1CC1. The minimum atomic E-state index is -3.12. The Labute approximate surface area is 132 Å². The quantitative estimate of drug-likeness (QED) is 0.739. The highest BCUT2D eigenvalue weighted by Crippen LogP contribution is 2.38. The Morgan fingerprint density at radius 1 is 1.26 bits per heavy atom. The van der Waals surface area contributed by atoms with E-state index in [0.29, 0.717) is 5.65 Å². The van der Waals surface area contributed by atoms with Gasteiger partial charge in [0, 0.05) is 18.2 Å². The summed E-state index contributed by atoms with van der Waals surface area (Å²) in [5, 5.41) is 8.33. The van der Waals surface area contributed by atoms with Crippen molar-refractivity contribution in [1.82, 2.24) is 29.3 Å². The van der Waals surface area contributed by atoms with Crippen LogP contribution in [-0.2, 0) is 10.0 Å². The van der Waals surface area contributed by atoms with Gasteiger partial charge in [-0.15, -0.1) is 10.2 Å². The number of nitrogens with zero attached hydrogens (tertiary/aromatic N) is 4. The van der Waals surface area contributed by atoms with Crippen LogP contribution in [0.1, 0.15) is 37.4 Å². The van der Waals surface area contributed by atoms with Crippen LogP contribution in [0.15, 0.2) is 18.5 Å². The lowest BCUT2D eigenvalue weighted by molar-refractivity contribution is 0.313. The first-order valence-corrected chi connectivity index (χ1v) is 9.35. The fourth-order valence-corrected chi connectivity index (χ4v) is 4.90. The molecule has 8 nitrogen and oxygen atoms in total. The lowest BCUT2D eigenvalue weighted by Gasteiger charge is -2.34. The third kappa shape index (κ3) is 2.07. The zero-order chi connectivity index (χ0) is 15.6. The highest BCUT2D eigenvalue weighted by molar-refractivity contribution is 7.90. The standard InChI is InChI=1S/C14H16N6O2S/c21-23(22,10-1-2-10)19-9-5-8(6-9)14-18-17-12-7-16-13-11(20(12)14)3-4-15-13/h3-4,7-10,15,19H,1-2,5-6H2/t8-,9+. The molecule has 0 atom stereocenters. The van der Waals surface area contributed by atoms with Gasteiger partial charge in [0.2, 0.25) is 10.0 Å². The molecule has 2 aliphatic rings. The second-order valence-corrected chi connectivity index (χ2v) is 8.44. The van der Waals surface area contributed by atoms with Crippen molar-refractivity contribution in [1.29, 1.82) is 0 Å². The van der Waals surface area contributed by atoms with Crippen LogP contribution in [0.3, 0.4) is 0 Å². The van der Waals surface area contributed by atoms with Crippen LogP contribution >= 0.6 is 0 Å². The van der Waals surface area contributed by atoms with Gasteiger partial charge >= 0.3 is 0 Å². The van der Waals surface area contributed by atoms with Crippen molar-refractivity contribution in [3.8, 4) is 0 Å². The molecule has 120 valence electrons. The van der Waals surface area contributed by atoms with E-state index in [1.807, 2.05) is 16.7 Å². The summed E-state index contributed by atoms with van der Waals surface area (Å²) >= 11 is 0. The third-order valence-electron chi connectivity index (χ3n) is 4.76. The van der Waals surface area contributed by atoms with Gasteiger partial charge in [-0.1, -0.05) is 0 Å². The van der Waals surface area contributed by atoms with Crippen molar-refractivity contribution in [2.24, 2.45) is 0 Å². The molecule has 0 amide bonds. The molecular formula is C14H16N6O2S. The van der Waals surface area contributed by atoms with E-state index in [2.05, 4.69) is 24.9 Å². The minimum absolute atomic E-state index is 0.0153. The van der Waals surface area contributed by atoms with Crippen molar-refractivity contribution in [3.63, 3.8) is 0 Å². The van der Waals surface area contributed by atoms with E-state index in [4.69, 9.17) is 0 Å². The van der Waals surface area contributed by atoms with Gasteiger partial charge < -0.3 is 4.98 Å². The molecule has 2 fully saturated rings. The fourth-order valence-electron chi connectivity index (χ4n) is 3.29. The van der Waals surface area contributed by atoms with Gasteiger partial charge in [-0.05, 0) is 31.7 Å². The topological polar surface area (TPSA) is 105 Å². The van der Waals surface area contributed by atoms with Crippen molar-refractivity contribution in [2.75, 3.05) is 0 Å². The van der Waals surface area contributed by atoms with Gasteiger partial charge in [0.25, 0.3) is 0 Å². The zero-order valence-corrected chi connectivity index (χ0v) is 13.1. The molecule has 0 radical (unpaired) electrons. The predicted molar refractivity (Wildman–Crippen MR) is 83.5 cm³/mol. The average Bonchev–Trinajstić information content (AvgIpc) is 3.10. The van der Waals surface area contributed by atoms with E-state index >= 15 is 0 Å². The van der Waals surface area contributed by atoms with E-state index in [9.17, 15) is 8.42 Å². The van der Waals surface area contributed by atoms with Crippen LogP contribution in [0, 0.1) is 0 Å². The first-order valence-electron chi connectivity index (χ1n) is 7.80. The molecule has 2 aliphatic carbocycles. The Morgan fingerprint density at radius 3 is 2.87 bits per heavy atom. The molecule has 0 bridgehead atoms. The molecular weight excluding hydrogens is 316 g/mol. The lowest BCUT2D eigenvalue weighted by atomic mass is 9.80. The zero-order valence-electron chi connectivity index (χ0n) is 12.3. The highest BCUT2D eigenvalue weighted by Gasteiger charge is 2.41. The van der Waals surface area contributed by atoms with Crippen molar-refractivity contribution in [2.45, 2.75) is 42.9 Å². The number of sulfonamides is 1. The molecule has 2 saturated carbocycles. The summed E-state index contributed by atoms with van der Waals surface area (Å²) in [6.45, 7) is 0. The van der Waals surface area contributed by atoms with Gasteiger partial charge in [0.05, 0.1) is 17.0 Å². The molecule has 0 aliphatic heterocycles. The number of H-pyrrole nitrogens is 1. The summed E-state index contributed by atoms with van der Waals surface area (Å²) in [4.78, 5) is 7.39. The summed E-state index contributed by atoms with van der Waals surface area (Å²) in [6.07, 6.45) is 6.65. The number of rotatable bonds is 4. The normalized spacial score (nSPS) is 25.0. The Kier molecular flexibility index (Phi) is 2.64. The predicted octanol–water partition coefficient (Wildman–Crippen LogP) is 0.933. The monoisotopic (exact) mass is 332 g/mol. The van der Waals surface area contributed by atoms with Crippen LogP contribution < -0.4 is 4.72 Å². The van der Waals surface area contributed by atoms with E-state index in [0.717, 1.165) is 42.7 Å². The van der Waals surface area contributed by atoms with Gasteiger partial charge in [-0.2, -0.15) is 0 Å². The molecule has 0 saturated heterocycles. The number of nitrogens with one attached hydrogen (secondary N) is 2. The highest BCUT2D eigenvalue weighted by atomic mass is 32.2. The minimum Gasteiger partial charge on any atom is -0.345 e. The molecule has 23 heavy (non-hydrogen) atoms. The Bertz CT molecular complexity index is 997. The van der Waals surface area contributed by atoms with E-state index in [-0.39, 0.29) is 17.2 Å². The summed E-state index contributed by atoms with van der Waals surface area (Å²) < 4.78 is 28.8. The van der Waals surface area contributed by atoms with Gasteiger partial charge in [0.1, 0.15) is 5.82 Å². The lowest BCUT2D eigenvalue weighted by Crippen LogP contribution is -2.44. The van der Waals surface area contributed by atoms with Gasteiger partial charge in [0.15, 0.2) is 11.3 Å². The van der Waals surface area contributed by atoms with E-state index in [1.54, 1.807) is 6.20 Å². The summed E-state index contributed by atoms with van der Waals surface area (Å²) in [5.41, 5.74) is 2.46. The molecule has 3 aromatic rings. The summed E-state index contributed by atoms with van der Waals surface area (Å²) in [7, 11) is -3.12. The molecule has 0 spiro atoms. The average molecular weight is 332 g/mol. The van der Waals surface area contributed by atoms with Crippen LogP contribution in [0.5, 0.6) is 0 Å². The molecule has 9 heteroatoms. The van der Waals surface area contributed by atoms with Crippen LogP contribution in [0.25, 0.3) is 16.8 Å². The first-order chi connectivity index (χ1) is 11.1. The van der Waals surface area contributed by atoms with Gasteiger partial charge in [-0.3, -0.25) is 4.40 Å². The number of hydrogen-bond acceptors (Lipinski definition) is 5. The van der Waals surface area contributed by atoms with Crippen LogP contribution in [0.2, 0.25) is 0 Å². The molecule has 2 N–H and O–H groups in total. The van der Waals surface area contributed by atoms with Crippen molar-refractivity contribution in [3.05, 3.63) is 24.3 Å². The largest absolute Gasteiger partial charge is 0.345 e. The van der Waals surface area contributed by atoms with Crippen LogP contribution in [-0.4, -0.2) is 44.3 Å². The van der Waals surface area contributed by atoms with E-state index in [1.165, 1.54) is 0 Å². The second kappa shape index (κ2) is 4.51. The number of aromatic nitrogens is 5. The van der Waals surface area contributed by atoms with Crippen molar-refractivity contribution < 1.29 is 8.42 Å². The third-order valence-corrected chi connectivity index (χ3v) is 6.78. The van der Waals surface area contributed by atoms with Gasteiger partial charge in [-0.25, -0.2) is 18.1 Å². The maximum atomic E-state index is 12.0. The Morgan fingerprint density at radius 2 is 2.09 bits per heavy atom. The fraction of sp³-hybridized carbons (Fsp3) is 0.500. The smallest absolute Gasteiger partial charge is 0.214 e. The Balaban J connectivity index is 1.41. The maximum absolute atomic E-state index is 12.0. The molecule has 0 unspecified atom stereocenters. The molecule has 3 aromatic heterocycles. The van der Waals surface area contributed by atoms with Crippen molar-refractivity contribution >= 4 is 26.8 Å². The summed E-state index contributed by atoms with van der Waals surface area (Å²) in [6, 6.07) is 1.97.